The van der Waals surface area contributed by atoms with E-state index in [0.717, 1.165) is 6.54 Å². The largest absolute Gasteiger partial charge is 0.243 e. The summed E-state index contributed by atoms with van der Waals surface area (Å²) in [7, 11) is -3.23. The summed E-state index contributed by atoms with van der Waals surface area (Å²) in [5.41, 5.74) is 0. The fourth-order valence-electron chi connectivity index (χ4n) is 3.04. The van der Waals surface area contributed by atoms with Crippen molar-refractivity contribution in [3.05, 3.63) is 30.3 Å². The van der Waals surface area contributed by atoms with Crippen LogP contribution in [0, 0.1) is 5.92 Å². The lowest BCUT2D eigenvalue weighted by atomic mass is 9.87. The highest BCUT2D eigenvalue weighted by Gasteiger charge is 2.48. The van der Waals surface area contributed by atoms with Gasteiger partial charge < -0.3 is 0 Å². The minimum atomic E-state index is -3.23. The first-order valence-corrected chi connectivity index (χ1v) is 8.20. The van der Waals surface area contributed by atoms with E-state index < -0.39 is 10.0 Å². The lowest BCUT2D eigenvalue weighted by Crippen LogP contribution is -2.21. The molecule has 98 valence electrons. The number of nitrogens with zero attached hydrogens (tertiary/aromatic N) is 1. The van der Waals surface area contributed by atoms with Crippen molar-refractivity contribution in [1.82, 2.24) is 4.31 Å². The van der Waals surface area contributed by atoms with Crippen molar-refractivity contribution in [2.75, 3.05) is 6.54 Å². The molecular formula is C14H19NO2S. The zero-order valence-electron chi connectivity index (χ0n) is 10.5. The summed E-state index contributed by atoms with van der Waals surface area (Å²) in [4.78, 5) is 0.434. The van der Waals surface area contributed by atoms with E-state index in [-0.39, 0.29) is 6.04 Å². The number of hydrogen-bond acceptors (Lipinski definition) is 2. The van der Waals surface area contributed by atoms with Gasteiger partial charge in [-0.15, -0.1) is 0 Å². The number of rotatable bonds is 3. The van der Waals surface area contributed by atoms with E-state index in [9.17, 15) is 8.42 Å². The summed E-state index contributed by atoms with van der Waals surface area (Å²) in [6, 6.07) is 9.06. The molecule has 0 radical (unpaired) electrons. The summed E-state index contributed by atoms with van der Waals surface area (Å²) in [5, 5.41) is 0. The van der Waals surface area contributed by atoms with Crippen LogP contribution in [0.15, 0.2) is 35.2 Å². The van der Waals surface area contributed by atoms with E-state index >= 15 is 0 Å². The van der Waals surface area contributed by atoms with Crippen molar-refractivity contribution < 1.29 is 8.42 Å². The summed E-state index contributed by atoms with van der Waals surface area (Å²) in [6.07, 6.45) is 6.24. The Morgan fingerprint density at radius 3 is 2.33 bits per heavy atom. The average Bonchev–Trinajstić information content (AvgIpc) is 3.22. The molecule has 0 aromatic heterocycles. The first kappa shape index (κ1) is 12.2. The fourth-order valence-corrected chi connectivity index (χ4v) is 4.69. The van der Waals surface area contributed by atoms with Crippen molar-refractivity contribution in [3.8, 4) is 0 Å². The molecule has 2 aliphatic rings. The van der Waals surface area contributed by atoms with Crippen LogP contribution in [0.25, 0.3) is 0 Å². The van der Waals surface area contributed by atoms with Gasteiger partial charge in [-0.25, -0.2) is 8.42 Å². The van der Waals surface area contributed by atoms with Crippen LogP contribution in [-0.4, -0.2) is 25.3 Å². The van der Waals surface area contributed by atoms with Gasteiger partial charge in [-0.3, -0.25) is 0 Å². The predicted molar refractivity (Wildman–Crippen MR) is 70.7 cm³/mol. The van der Waals surface area contributed by atoms with Crippen molar-refractivity contribution in [2.45, 2.75) is 43.0 Å². The second-order valence-electron chi connectivity index (χ2n) is 5.35. The van der Waals surface area contributed by atoms with E-state index in [2.05, 4.69) is 0 Å². The lowest BCUT2D eigenvalue weighted by molar-refractivity contribution is 0.336. The molecule has 18 heavy (non-hydrogen) atoms. The van der Waals surface area contributed by atoms with Gasteiger partial charge in [0.2, 0.25) is 10.0 Å². The molecule has 1 aliphatic carbocycles. The maximum Gasteiger partial charge on any atom is 0.243 e. The monoisotopic (exact) mass is 265 g/mol. The SMILES string of the molecule is O=S(=O)(c1ccccc1)N1CC1C1CCCCC1. The van der Waals surface area contributed by atoms with Gasteiger partial charge in [0.1, 0.15) is 0 Å². The molecule has 1 aromatic rings. The zero-order chi connectivity index (χ0) is 12.6. The van der Waals surface area contributed by atoms with E-state index in [1.54, 1.807) is 28.6 Å². The third-order valence-corrected chi connectivity index (χ3v) is 6.05. The Bertz CT molecular complexity index is 506. The van der Waals surface area contributed by atoms with Crippen molar-refractivity contribution in [1.29, 1.82) is 0 Å². The van der Waals surface area contributed by atoms with Gasteiger partial charge in [-0.05, 0) is 30.9 Å². The van der Waals surface area contributed by atoms with Crippen molar-refractivity contribution >= 4 is 10.0 Å². The molecule has 2 fully saturated rings. The van der Waals surface area contributed by atoms with Crippen LogP contribution in [0.4, 0.5) is 0 Å². The second kappa shape index (κ2) is 4.67. The van der Waals surface area contributed by atoms with E-state index in [1.807, 2.05) is 6.07 Å². The van der Waals surface area contributed by atoms with E-state index in [4.69, 9.17) is 0 Å². The van der Waals surface area contributed by atoms with Gasteiger partial charge in [0.25, 0.3) is 0 Å². The minimum absolute atomic E-state index is 0.274. The van der Waals surface area contributed by atoms with Crippen LogP contribution in [0.1, 0.15) is 32.1 Å². The Kier molecular flexibility index (Phi) is 3.16. The molecule has 0 amide bonds. The van der Waals surface area contributed by atoms with Crippen LogP contribution in [0.2, 0.25) is 0 Å². The topological polar surface area (TPSA) is 37.1 Å². The maximum atomic E-state index is 12.4. The molecule has 2 unspecified atom stereocenters. The number of sulfonamides is 1. The predicted octanol–water partition coefficient (Wildman–Crippen LogP) is 2.64. The molecular weight excluding hydrogens is 246 g/mol. The highest BCUT2D eigenvalue weighted by atomic mass is 32.2. The Labute approximate surface area is 109 Å². The normalized spacial score (nSPS) is 29.1. The smallest absolute Gasteiger partial charge is 0.207 e. The summed E-state index contributed by atoms with van der Waals surface area (Å²) in [5.74, 6) is 0.595. The molecule has 0 bridgehead atoms. The molecule has 1 aliphatic heterocycles. The van der Waals surface area contributed by atoms with E-state index in [0.29, 0.717) is 10.8 Å². The minimum Gasteiger partial charge on any atom is -0.207 e. The van der Waals surface area contributed by atoms with Crippen LogP contribution >= 0.6 is 0 Å². The van der Waals surface area contributed by atoms with Crippen LogP contribution in [-0.2, 0) is 10.0 Å². The fraction of sp³-hybridized carbons (Fsp3) is 0.571. The summed E-state index contributed by atoms with van der Waals surface area (Å²) >= 11 is 0. The molecule has 0 N–H and O–H groups in total. The van der Waals surface area contributed by atoms with Gasteiger partial charge in [0.15, 0.2) is 0 Å². The molecule has 1 heterocycles. The molecule has 3 rings (SSSR count). The first-order chi connectivity index (χ1) is 8.69. The van der Waals surface area contributed by atoms with E-state index in [1.165, 1.54) is 32.1 Å². The zero-order valence-corrected chi connectivity index (χ0v) is 11.3. The highest BCUT2D eigenvalue weighted by Crippen LogP contribution is 2.39. The Morgan fingerprint density at radius 2 is 1.67 bits per heavy atom. The Morgan fingerprint density at radius 1 is 1.00 bits per heavy atom. The van der Waals surface area contributed by atoms with Crippen LogP contribution in [0.5, 0.6) is 0 Å². The molecule has 0 spiro atoms. The number of benzene rings is 1. The standard InChI is InChI=1S/C14H19NO2S/c16-18(17,13-9-5-2-6-10-13)15-11-14(15)12-7-3-1-4-8-12/h2,5-6,9-10,12,14H,1,3-4,7-8,11H2. The number of hydrogen-bond donors (Lipinski definition) is 0. The van der Waals surface area contributed by atoms with Crippen LogP contribution in [0.3, 0.4) is 0 Å². The van der Waals surface area contributed by atoms with Gasteiger partial charge >= 0.3 is 0 Å². The molecule has 1 saturated heterocycles. The first-order valence-electron chi connectivity index (χ1n) is 6.76. The van der Waals surface area contributed by atoms with Crippen molar-refractivity contribution in [2.24, 2.45) is 5.92 Å². The molecule has 2 atom stereocenters. The van der Waals surface area contributed by atoms with Crippen molar-refractivity contribution in [3.63, 3.8) is 0 Å². The summed E-state index contributed by atoms with van der Waals surface area (Å²) < 4.78 is 26.4. The Hall–Kier alpha value is -0.870. The van der Waals surface area contributed by atoms with Gasteiger partial charge in [-0.1, -0.05) is 37.5 Å². The summed E-state index contributed by atoms with van der Waals surface area (Å²) in [6.45, 7) is 0.724. The third kappa shape index (κ3) is 2.19. The lowest BCUT2D eigenvalue weighted by Gasteiger charge is -2.21. The molecule has 1 aromatic carbocycles. The van der Waals surface area contributed by atoms with Crippen LogP contribution < -0.4 is 0 Å². The quantitative estimate of drug-likeness (QED) is 0.788. The van der Waals surface area contributed by atoms with Gasteiger partial charge in [-0.2, -0.15) is 4.31 Å². The molecule has 1 saturated carbocycles. The highest BCUT2D eigenvalue weighted by molar-refractivity contribution is 7.89. The Balaban J connectivity index is 1.73. The van der Waals surface area contributed by atoms with Gasteiger partial charge in [0, 0.05) is 12.6 Å². The second-order valence-corrected chi connectivity index (χ2v) is 7.24. The average molecular weight is 265 g/mol. The molecule has 3 nitrogen and oxygen atoms in total. The van der Waals surface area contributed by atoms with Gasteiger partial charge in [0.05, 0.1) is 4.90 Å². The third-order valence-electron chi connectivity index (χ3n) is 4.15. The molecule has 4 heteroatoms. The maximum absolute atomic E-state index is 12.4.